The fourth-order valence-corrected chi connectivity index (χ4v) is 3.02. The molecule has 0 fully saturated rings. The predicted molar refractivity (Wildman–Crippen MR) is 95.5 cm³/mol. The summed E-state index contributed by atoms with van der Waals surface area (Å²) in [6.07, 6.45) is 2.63. The van der Waals surface area contributed by atoms with Crippen LogP contribution in [0.3, 0.4) is 0 Å². The summed E-state index contributed by atoms with van der Waals surface area (Å²) in [4.78, 5) is 12.3. The number of anilines is 1. The normalized spacial score (nSPS) is 10.8. The van der Waals surface area contributed by atoms with Crippen molar-refractivity contribution in [2.45, 2.75) is 11.0 Å². The van der Waals surface area contributed by atoms with E-state index in [4.69, 9.17) is 0 Å². The summed E-state index contributed by atoms with van der Waals surface area (Å²) in [6, 6.07) is 8.05. The first-order chi connectivity index (χ1) is 12.0. The van der Waals surface area contributed by atoms with Gasteiger partial charge in [-0.3, -0.25) is 14.8 Å². The molecule has 0 aliphatic heterocycles. The summed E-state index contributed by atoms with van der Waals surface area (Å²) in [6.45, 7) is 0. The van der Waals surface area contributed by atoms with Gasteiger partial charge in [0.15, 0.2) is 11.0 Å². The molecule has 0 bridgehead atoms. The van der Waals surface area contributed by atoms with Gasteiger partial charge in [0.2, 0.25) is 0 Å². The van der Waals surface area contributed by atoms with Crippen LogP contribution in [-0.2, 0) is 12.9 Å². The maximum Gasteiger partial charge on any atom is 0.307 e. The quantitative estimate of drug-likeness (QED) is 0.379. The molecule has 0 saturated heterocycles. The molecule has 3 aromatic rings. The maximum absolute atomic E-state index is 10.7. The molecule has 0 spiro atoms. The van der Waals surface area contributed by atoms with Gasteiger partial charge < -0.3 is 9.47 Å². The van der Waals surface area contributed by atoms with Crippen LogP contribution in [-0.4, -0.2) is 43.6 Å². The molecule has 3 rings (SSSR count). The molecular formula is C15H17N7O2S. The molecule has 0 amide bonds. The van der Waals surface area contributed by atoms with Crippen molar-refractivity contribution in [3.05, 3.63) is 46.8 Å². The number of nitro groups is 1. The van der Waals surface area contributed by atoms with E-state index in [1.54, 1.807) is 0 Å². The van der Waals surface area contributed by atoms with Crippen molar-refractivity contribution in [2.75, 3.05) is 19.0 Å². The molecule has 10 heteroatoms. The third-order valence-electron chi connectivity index (χ3n) is 3.61. The predicted octanol–water partition coefficient (Wildman–Crippen LogP) is 2.40. The van der Waals surface area contributed by atoms with Crippen molar-refractivity contribution >= 4 is 23.1 Å². The topological polar surface area (TPSA) is 94.9 Å². The number of rotatable bonds is 6. The molecule has 0 aliphatic carbocycles. The van der Waals surface area contributed by atoms with Crippen molar-refractivity contribution in [1.29, 1.82) is 0 Å². The zero-order chi connectivity index (χ0) is 18.0. The van der Waals surface area contributed by atoms with Gasteiger partial charge in [0.1, 0.15) is 12.4 Å². The van der Waals surface area contributed by atoms with E-state index < -0.39 is 4.92 Å². The zero-order valence-electron chi connectivity index (χ0n) is 14.0. The van der Waals surface area contributed by atoms with Crippen LogP contribution in [0.1, 0.15) is 0 Å². The smallest absolute Gasteiger partial charge is 0.307 e. The van der Waals surface area contributed by atoms with Crippen LogP contribution in [0, 0.1) is 10.1 Å². The minimum Gasteiger partial charge on any atom is -0.378 e. The number of hydrogen-bond donors (Lipinski definition) is 0. The van der Waals surface area contributed by atoms with E-state index in [-0.39, 0.29) is 5.69 Å². The van der Waals surface area contributed by atoms with Crippen LogP contribution in [0.25, 0.3) is 11.4 Å². The molecule has 130 valence electrons. The monoisotopic (exact) mass is 359 g/mol. The highest BCUT2D eigenvalue weighted by molar-refractivity contribution is 7.98. The first-order valence-electron chi connectivity index (χ1n) is 7.42. The van der Waals surface area contributed by atoms with E-state index in [2.05, 4.69) is 21.4 Å². The second-order valence-electron chi connectivity index (χ2n) is 5.58. The molecule has 0 N–H and O–H groups in total. The fraction of sp³-hybridized carbons (Fsp3) is 0.267. The number of hydrogen-bond acceptors (Lipinski definition) is 7. The van der Waals surface area contributed by atoms with Crippen molar-refractivity contribution in [2.24, 2.45) is 7.05 Å². The highest BCUT2D eigenvalue weighted by Crippen LogP contribution is 2.26. The molecule has 0 radical (unpaired) electrons. The van der Waals surface area contributed by atoms with Crippen LogP contribution in [0.4, 0.5) is 11.4 Å². The minimum absolute atomic E-state index is 0.0280. The number of benzene rings is 1. The Morgan fingerprint density at radius 3 is 2.80 bits per heavy atom. The summed E-state index contributed by atoms with van der Waals surface area (Å²) in [5, 5.41) is 23.9. The Morgan fingerprint density at radius 2 is 2.12 bits per heavy atom. The van der Waals surface area contributed by atoms with E-state index in [0.717, 1.165) is 17.1 Å². The Kier molecular flexibility index (Phi) is 4.70. The summed E-state index contributed by atoms with van der Waals surface area (Å²) in [7, 11) is 5.87. The molecule has 2 aromatic heterocycles. The van der Waals surface area contributed by atoms with Gasteiger partial charge in [-0.25, -0.2) is 0 Å². The second-order valence-corrected chi connectivity index (χ2v) is 6.49. The maximum atomic E-state index is 10.7. The van der Waals surface area contributed by atoms with Gasteiger partial charge in [-0.1, -0.05) is 23.9 Å². The molecule has 0 saturated carbocycles. The van der Waals surface area contributed by atoms with Gasteiger partial charge in [0, 0.05) is 32.4 Å². The van der Waals surface area contributed by atoms with Gasteiger partial charge in [0.05, 0.1) is 10.8 Å². The van der Waals surface area contributed by atoms with E-state index in [0.29, 0.717) is 11.0 Å². The lowest BCUT2D eigenvalue weighted by atomic mass is 10.2. The zero-order valence-corrected chi connectivity index (χ0v) is 14.8. The van der Waals surface area contributed by atoms with Gasteiger partial charge in [0.25, 0.3) is 0 Å². The molecule has 1 aromatic carbocycles. The lowest BCUT2D eigenvalue weighted by Crippen LogP contribution is -2.08. The molecule has 2 heterocycles. The number of thioether (sulfide) groups is 1. The Morgan fingerprint density at radius 1 is 1.32 bits per heavy atom. The summed E-state index contributed by atoms with van der Waals surface area (Å²) >= 11 is 1.41. The van der Waals surface area contributed by atoms with Gasteiger partial charge in [-0.15, -0.1) is 10.2 Å². The lowest BCUT2D eigenvalue weighted by molar-refractivity contribution is -0.385. The van der Waals surface area contributed by atoms with Crippen molar-refractivity contribution in [3.63, 3.8) is 0 Å². The third kappa shape index (κ3) is 3.63. The Balaban J connectivity index is 1.76. The average molecular weight is 359 g/mol. The minimum atomic E-state index is -0.466. The third-order valence-corrected chi connectivity index (χ3v) is 4.62. The SMILES string of the molecule is CN(C)c1cccc(-c2nnc(SCn3cc([N+](=O)[O-])cn3)n2C)c1. The van der Waals surface area contributed by atoms with E-state index in [1.165, 1.54) is 28.8 Å². The van der Waals surface area contributed by atoms with Crippen LogP contribution < -0.4 is 4.90 Å². The molecule has 0 atom stereocenters. The molecule has 9 nitrogen and oxygen atoms in total. The van der Waals surface area contributed by atoms with Crippen LogP contribution in [0.15, 0.2) is 41.8 Å². The largest absolute Gasteiger partial charge is 0.378 e. The van der Waals surface area contributed by atoms with E-state index >= 15 is 0 Å². The first kappa shape index (κ1) is 17.0. The highest BCUT2D eigenvalue weighted by atomic mass is 32.2. The van der Waals surface area contributed by atoms with Gasteiger partial charge in [-0.05, 0) is 12.1 Å². The fourth-order valence-electron chi connectivity index (χ4n) is 2.26. The van der Waals surface area contributed by atoms with Crippen molar-refractivity contribution in [1.82, 2.24) is 24.5 Å². The number of aromatic nitrogens is 5. The summed E-state index contributed by atoms with van der Waals surface area (Å²) in [5.74, 6) is 1.18. The van der Waals surface area contributed by atoms with Crippen LogP contribution in [0.2, 0.25) is 0 Å². The Labute approximate surface area is 148 Å². The summed E-state index contributed by atoms with van der Waals surface area (Å²) < 4.78 is 3.40. The number of nitrogens with zero attached hydrogens (tertiary/aromatic N) is 7. The lowest BCUT2D eigenvalue weighted by Gasteiger charge is -2.13. The molecule has 25 heavy (non-hydrogen) atoms. The van der Waals surface area contributed by atoms with Crippen LogP contribution >= 0.6 is 11.8 Å². The molecule has 0 unspecified atom stereocenters. The second kappa shape index (κ2) is 6.93. The van der Waals surface area contributed by atoms with E-state index in [1.807, 2.05) is 48.8 Å². The summed E-state index contributed by atoms with van der Waals surface area (Å²) in [5.41, 5.74) is 2.03. The van der Waals surface area contributed by atoms with Crippen molar-refractivity contribution in [3.8, 4) is 11.4 Å². The highest BCUT2D eigenvalue weighted by Gasteiger charge is 2.14. The molecule has 0 aliphatic rings. The average Bonchev–Trinajstić information content (AvgIpc) is 3.20. The first-order valence-corrected chi connectivity index (χ1v) is 8.41. The molecular weight excluding hydrogens is 342 g/mol. The van der Waals surface area contributed by atoms with E-state index in [9.17, 15) is 10.1 Å². The van der Waals surface area contributed by atoms with Gasteiger partial charge >= 0.3 is 5.69 Å². The van der Waals surface area contributed by atoms with Crippen molar-refractivity contribution < 1.29 is 4.92 Å². The Bertz CT molecular complexity index is 903. The standard InChI is InChI=1S/C15H17N7O2S/c1-19(2)12-6-4-5-11(7-12)14-17-18-15(20(14)3)25-10-21-9-13(8-16-21)22(23)24/h4-9H,10H2,1-3H3. The van der Waals surface area contributed by atoms with Crippen LogP contribution in [0.5, 0.6) is 0 Å². The Hall–Kier alpha value is -2.88. The van der Waals surface area contributed by atoms with Gasteiger partial charge in [-0.2, -0.15) is 5.10 Å².